The number of ether oxygens (including phenoxy) is 1. The molecule has 138 valence electrons. The number of para-hydroxylation sites is 1. The number of primary amides is 1. The number of nitrogens with two attached hydrogens (primary N) is 1. The van der Waals surface area contributed by atoms with E-state index < -0.39 is 5.91 Å². The summed E-state index contributed by atoms with van der Waals surface area (Å²) in [4.78, 5) is 29.4. The summed E-state index contributed by atoms with van der Waals surface area (Å²) in [6.45, 7) is 0.312. The Morgan fingerprint density at radius 2 is 2.04 bits per heavy atom. The number of aryl methyl sites for hydroxylation is 3. The number of carbonyl (C=O) groups is 2. The van der Waals surface area contributed by atoms with Crippen LogP contribution in [0.4, 0.5) is 0 Å². The van der Waals surface area contributed by atoms with E-state index in [1.807, 2.05) is 11.3 Å². The Hall–Kier alpha value is -2.41. The van der Waals surface area contributed by atoms with Crippen LogP contribution in [0.5, 0.6) is 5.75 Å². The van der Waals surface area contributed by atoms with Crippen molar-refractivity contribution >= 4 is 23.2 Å². The molecule has 1 heterocycles. The third kappa shape index (κ3) is 4.82. The maximum atomic E-state index is 12.4. The van der Waals surface area contributed by atoms with Crippen molar-refractivity contribution in [2.24, 2.45) is 5.73 Å². The van der Waals surface area contributed by atoms with Gasteiger partial charge in [-0.15, -0.1) is 11.3 Å². The van der Waals surface area contributed by atoms with E-state index in [2.05, 4.69) is 5.32 Å². The number of amides is 2. The van der Waals surface area contributed by atoms with Gasteiger partial charge in [-0.1, -0.05) is 12.1 Å². The van der Waals surface area contributed by atoms with Crippen LogP contribution < -0.4 is 15.8 Å². The average Bonchev–Trinajstić information content (AvgIpc) is 3.06. The zero-order chi connectivity index (χ0) is 18.4. The molecule has 0 bridgehead atoms. The maximum absolute atomic E-state index is 12.4. The van der Waals surface area contributed by atoms with Gasteiger partial charge in [-0.05, 0) is 44.2 Å². The Morgan fingerprint density at radius 3 is 2.85 bits per heavy atom. The summed E-state index contributed by atoms with van der Waals surface area (Å²) in [5, 5.41) is 4.06. The fourth-order valence-corrected chi connectivity index (χ4v) is 4.18. The lowest BCUT2D eigenvalue weighted by molar-refractivity contribution is -0.119. The zero-order valence-electron chi connectivity index (χ0n) is 14.6. The van der Waals surface area contributed by atoms with Gasteiger partial charge in [0.25, 0.3) is 11.8 Å². The smallest absolute Gasteiger partial charge is 0.255 e. The topological polar surface area (TPSA) is 94.3 Å². The number of benzene rings is 1. The van der Waals surface area contributed by atoms with Gasteiger partial charge in [0.2, 0.25) is 0 Å². The molecule has 26 heavy (non-hydrogen) atoms. The number of fused-ring (bicyclic) bond motifs is 1. The molecule has 7 heteroatoms. The molecule has 0 saturated heterocycles. The summed E-state index contributed by atoms with van der Waals surface area (Å²) in [6.07, 6.45) is 6.47. The molecule has 1 aromatic heterocycles. The Bertz CT molecular complexity index is 765. The second kappa shape index (κ2) is 8.80. The molecule has 1 aliphatic carbocycles. The molecule has 0 fully saturated rings. The molecular weight excluding hydrogens is 350 g/mol. The second-order valence-corrected chi connectivity index (χ2v) is 7.46. The van der Waals surface area contributed by atoms with E-state index in [4.69, 9.17) is 15.5 Å². The normalized spacial score (nSPS) is 13.1. The van der Waals surface area contributed by atoms with E-state index >= 15 is 0 Å². The van der Waals surface area contributed by atoms with Gasteiger partial charge in [0.15, 0.2) is 6.61 Å². The van der Waals surface area contributed by atoms with Crippen molar-refractivity contribution in [2.75, 3.05) is 13.2 Å². The standard InChI is InChI=1S/C19H23N3O3S/c20-17(23)12-25-15-8-3-1-6-13(15)19(24)21-11-5-10-18-22-14-7-2-4-9-16(14)26-18/h1,3,6,8H,2,4-5,7,9-12H2,(H2,20,23)(H,21,24). The van der Waals surface area contributed by atoms with Crippen LogP contribution in [0.3, 0.4) is 0 Å². The summed E-state index contributed by atoms with van der Waals surface area (Å²) in [7, 11) is 0. The first kappa shape index (κ1) is 18.4. The number of thiazole rings is 1. The molecule has 0 unspecified atom stereocenters. The SMILES string of the molecule is NC(=O)COc1ccccc1C(=O)NCCCc1nc2c(s1)CCCC2. The number of carbonyl (C=O) groups excluding carboxylic acids is 2. The molecule has 2 aromatic rings. The number of rotatable bonds is 8. The van der Waals surface area contributed by atoms with E-state index in [9.17, 15) is 9.59 Å². The van der Waals surface area contributed by atoms with Crippen LogP contribution in [0.25, 0.3) is 0 Å². The van der Waals surface area contributed by atoms with Crippen LogP contribution in [0, 0.1) is 0 Å². The summed E-state index contributed by atoms with van der Waals surface area (Å²) in [6, 6.07) is 6.82. The van der Waals surface area contributed by atoms with E-state index in [1.165, 1.54) is 23.4 Å². The van der Waals surface area contributed by atoms with Crippen molar-refractivity contribution in [3.63, 3.8) is 0 Å². The predicted molar refractivity (Wildman–Crippen MR) is 101 cm³/mol. The Kier molecular flexibility index (Phi) is 6.22. The van der Waals surface area contributed by atoms with Gasteiger partial charge < -0.3 is 15.8 Å². The highest BCUT2D eigenvalue weighted by Gasteiger charge is 2.15. The van der Waals surface area contributed by atoms with Crippen LogP contribution in [-0.2, 0) is 24.1 Å². The lowest BCUT2D eigenvalue weighted by atomic mass is 10.0. The van der Waals surface area contributed by atoms with E-state index in [-0.39, 0.29) is 12.5 Å². The number of hydrogen-bond acceptors (Lipinski definition) is 5. The fraction of sp³-hybridized carbons (Fsp3) is 0.421. The first-order valence-electron chi connectivity index (χ1n) is 8.89. The van der Waals surface area contributed by atoms with Crippen molar-refractivity contribution in [3.05, 3.63) is 45.4 Å². The maximum Gasteiger partial charge on any atom is 0.255 e. The first-order chi connectivity index (χ1) is 12.6. The lowest BCUT2D eigenvalue weighted by Gasteiger charge is -2.10. The first-order valence-corrected chi connectivity index (χ1v) is 9.71. The second-order valence-electron chi connectivity index (χ2n) is 6.30. The fourth-order valence-electron chi connectivity index (χ4n) is 2.98. The molecule has 3 rings (SSSR count). The van der Waals surface area contributed by atoms with Crippen LogP contribution in [-0.4, -0.2) is 29.9 Å². The van der Waals surface area contributed by atoms with Gasteiger partial charge in [0, 0.05) is 17.8 Å². The van der Waals surface area contributed by atoms with Crippen molar-refractivity contribution < 1.29 is 14.3 Å². The van der Waals surface area contributed by atoms with Gasteiger partial charge >= 0.3 is 0 Å². The quantitative estimate of drug-likeness (QED) is 0.694. The lowest BCUT2D eigenvalue weighted by Crippen LogP contribution is -2.26. The summed E-state index contributed by atoms with van der Waals surface area (Å²) < 4.78 is 5.30. The molecule has 0 radical (unpaired) electrons. The average molecular weight is 373 g/mol. The van der Waals surface area contributed by atoms with Crippen molar-refractivity contribution in [1.82, 2.24) is 10.3 Å². The highest BCUT2D eigenvalue weighted by atomic mass is 32.1. The highest BCUT2D eigenvalue weighted by molar-refractivity contribution is 7.11. The Balaban J connectivity index is 1.48. The molecule has 0 spiro atoms. The van der Waals surface area contributed by atoms with Crippen molar-refractivity contribution in [1.29, 1.82) is 0 Å². The zero-order valence-corrected chi connectivity index (χ0v) is 15.4. The largest absolute Gasteiger partial charge is 0.483 e. The van der Waals surface area contributed by atoms with Gasteiger partial charge in [0.1, 0.15) is 5.75 Å². The van der Waals surface area contributed by atoms with Gasteiger partial charge in [-0.2, -0.15) is 0 Å². The minimum absolute atomic E-state index is 0.219. The molecule has 1 aliphatic rings. The summed E-state index contributed by atoms with van der Waals surface area (Å²) >= 11 is 1.81. The third-order valence-electron chi connectivity index (χ3n) is 4.24. The Morgan fingerprint density at radius 1 is 1.23 bits per heavy atom. The number of nitrogens with zero attached hydrogens (tertiary/aromatic N) is 1. The van der Waals surface area contributed by atoms with Gasteiger partial charge in [-0.25, -0.2) is 4.98 Å². The molecule has 1 aromatic carbocycles. The minimum Gasteiger partial charge on any atom is -0.483 e. The Labute approximate surface area is 156 Å². The summed E-state index contributed by atoms with van der Waals surface area (Å²) in [5.74, 6) is -0.439. The number of aromatic nitrogens is 1. The molecule has 0 aliphatic heterocycles. The van der Waals surface area contributed by atoms with Crippen LogP contribution in [0.1, 0.15) is 45.2 Å². The van der Waals surface area contributed by atoms with Crippen LogP contribution in [0.15, 0.2) is 24.3 Å². The van der Waals surface area contributed by atoms with E-state index in [0.29, 0.717) is 17.9 Å². The molecule has 0 saturated carbocycles. The number of hydrogen-bond donors (Lipinski definition) is 2. The van der Waals surface area contributed by atoms with Gasteiger partial charge in [-0.3, -0.25) is 9.59 Å². The van der Waals surface area contributed by atoms with Crippen molar-refractivity contribution in [2.45, 2.75) is 38.5 Å². The van der Waals surface area contributed by atoms with Crippen LogP contribution in [0.2, 0.25) is 0 Å². The molecule has 3 N–H and O–H groups in total. The number of nitrogens with one attached hydrogen (secondary N) is 1. The molecular formula is C19H23N3O3S. The van der Waals surface area contributed by atoms with Gasteiger partial charge in [0.05, 0.1) is 16.3 Å². The monoisotopic (exact) mass is 373 g/mol. The van der Waals surface area contributed by atoms with E-state index in [1.54, 1.807) is 24.3 Å². The summed E-state index contributed by atoms with van der Waals surface area (Å²) in [5.41, 5.74) is 6.77. The van der Waals surface area contributed by atoms with Crippen LogP contribution >= 0.6 is 11.3 Å². The predicted octanol–water partition coefficient (Wildman–Crippen LogP) is 2.25. The minimum atomic E-state index is -0.577. The third-order valence-corrected chi connectivity index (χ3v) is 5.46. The highest BCUT2D eigenvalue weighted by Crippen LogP contribution is 2.27. The molecule has 2 amide bonds. The molecule has 6 nitrogen and oxygen atoms in total. The molecule has 0 atom stereocenters. The van der Waals surface area contributed by atoms with E-state index in [0.717, 1.165) is 30.7 Å². The van der Waals surface area contributed by atoms with Crippen molar-refractivity contribution in [3.8, 4) is 5.75 Å².